The molecule has 0 aromatic heterocycles. The molecule has 0 aromatic carbocycles. The number of hydrogen-bond acceptors (Lipinski definition) is 11. The Kier molecular flexibility index (Phi) is 19.1. The zero-order valence-corrected chi connectivity index (χ0v) is 21.7. The van der Waals surface area contributed by atoms with E-state index in [1.807, 2.05) is 0 Å². The van der Waals surface area contributed by atoms with Crippen LogP contribution in [0.1, 0.15) is 26.2 Å². The van der Waals surface area contributed by atoms with E-state index in [-0.39, 0.29) is 51.1 Å². The number of carbonyl (C=O) groups excluding carboxylic acids is 3. The first-order valence-corrected chi connectivity index (χ1v) is 12.9. The molecule has 0 heterocycles. The summed E-state index contributed by atoms with van der Waals surface area (Å²) in [6.45, 7) is 6.47. The average molecular weight is 510 g/mol. The largest absolute Gasteiger partial charge is 0.500 e. The van der Waals surface area contributed by atoms with Crippen molar-refractivity contribution in [3.05, 3.63) is 12.2 Å². The zero-order valence-electron chi connectivity index (χ0n) is 20.7. The standard InChI is InChI=1S/C21H39NO11Si/c1-18(2)20(24)32-10-9-22-21(25)33-16-14-30-12-11-29-13-15-31-19(23)8-6-7-17-34(26-3,27-4)28-5/h1,6-17H2,2-5H3,(H,22,25). The van der Waals surface area contributed by atoms with Gasteiger partial charge in [-0.25, -0.2) is 9.59 Å². The molecule has 0 atom stereocenters. The summed E-state index contributed by atoms with van der Waals surface area (Å²) in [6, 6.07) is 0.634. The van der Waals surface area contributed by atoms with Gasteiger partial charge in [-0.2, -0.15) is 0 Å². The third-order valence-corrected chi connectivity index (χ3v) is 7.16. The van der Waals surface area contributed by atoms with Crippen molar-refractivity contribution in [3.8, 4) is 0 Å². The second kappa shape index (κ2) is 20.3. The van der Waals surface area contributed by atoms with Crippen molar-refractivity contribution < 1.29 is 51.3 Å². The number of unbranched alkanes of at least 4 members (excludes halogenated alkanes) is 1. The number of rotatable bonds is 21. The lowest BCUT2D eigenvalue weighted by molar-refractivity contribution is -0.145. The molecular weight excluding hydrogens is 470 g/mol. The molecule has 0 saturated carbocycles. The molecule has 0 aliphatic rings. The van der Waals surface area contributed by atoms with Gasteiger partial charge in [-0.3, -0.25) is 4.79 Å². The molecule has 0 aromatic rings. The highest BCUT2D eigenvalue weighted by molar-refractivity contribution is 6.60. The molecular formula is C21H39NO11Si. The summed E-state index contributed by atoms with van der Waals surface area (Å²) in [7, 11) is 2.08. The maximum absolute atomic E-state index is 11.7. The fraction of sp³-hybridized carbons (Fsp3) is 0.762. The third kappa shape index (κ3) is 16.6. The summed E-state index contributed by atoms with van der Waals surface area (Å²) in [5.74, 6) is -0.801. The maximum atomic E-state index is 11.7. The molecule has 34 heavy (non-hydrogen) atoms. The van der Waals surface area contributed by atoms with Gasteiger partial charge in [-0.05, 0) is 19.8 Å². The van der Waals surface area contributed by atoms with Crippen LogP contribution in [0.5, 0.6) is 0 Å². The van der Waals surface area contributed by atoms with Crippen LogP contribution in [0.2, 0.25) is 6.04 Å². The molecule has 1 N–H and O–H groups in total. The van der Waals surface area contributed by atoms with E-state index in [1.54, 1.807) is 21.3 Å². The van der Waals surface area contributed by atoms with Crippen molar-refractivity contribution in [2.24, 2.45) is 0 Å². The molecule has 0 radical (unpaired) electrons. The normalized spacial score (nSPS) is 11.1. The summed E-state index contributed by atoms with van der Waals surface area (Å²) in [5, 5.41) is 2.44. The molecule has 0 spiro atoms. The molecule has 0 unspecified atom stereocenters. The van der Waals surface area contributed by atoms with Gasteiger partial charge in [0.15, 0.2) is 0 Å². The van der Waals surface area contributed by atoms with Crippen LogP contribution in [0, 0.1) is 0 Å². The monoisotopic (exact) mass is 509 g/mol. The van der Waals surface area contributed by atoms with Crippen molar-refractivity contribution in [1.29, 1.82) is 0 Å². The minimum atomic E-state index is -2.59. The van der Waals surface area contributed by atoms with Gasteiger partial charge in [-0.1, -0.05) is 6.58 Å². The summed E-state index contributed by atoms with van der Waals surface area (Å²) in [5.41, 5.74) is 0.290. The van der Waals surface area contributed by atoms with E-state index in [1.165, 1.54) is 6.92 Å². The summed E-state index contributed by atoms with van der Waals surface area (Å²) >= 11 is 0. The Labute approximate surface area is 202 Å². The second-order valence-electron chi connectivity index (χ2n) is 6.93. The van der Waals surface area contributed by atoms with E-state index in [0.29, 0.717) is 32.1 Å². The predicted octanol–water partition coefficient (Wildman–Crippen LogP) is 1.46. The van der Waals surface area contributed by atoms with Crippen LogP contribution in [0.4, 0.5) is 4.79 Å². The Morgan fingerprint density at radius 1 is 0.765 bits per heavy atom. The Morgan fingerprint density at radius 2 is 1.32 bits per heavy atom. The average Bonchev–Trinajstić information content (AvgIpc) is 2.83. The molecule has 13 heteroatoms. The van der Waals surface area contributed by atoms with E-state index in [9.17, 15) is 14.4 Å². The smallest absolute Gasteiger partial charge is 0.463 e. The molecule has 198 valence electrons. The number of amides is 1. The molecule has 0 aliphatic carbocycles. The highest BCUT2D eigenvalue weighted by Crippen LogP contribution is 2.17. The molecule has 1 amide bonds. The van der Waals surface area contributed by atoms with Crippen LogP contribution in [0.3, 0.4) is 0 Å². The van der Waals surface area contributed by atoms with Crippen molar-refractivity contribution in [1.82, 2.24) is 5.32 Å². The molecule has 0 saturated heterocycles. The van der Waals surface area contributed by atoms with E-state index in [4.69, 9.17) is 37.0 Å². The number of alkyl carbamates (subject to hydrolysis) is 1. The fourth-order valence-corrected chi connectivity index (χ4v) is 4.24. The van der Waals surface area contributed by atoms with Crippen LogP contribution >= 0.6 is 0 Å². The first kappa shape index (κ1) is 32.0. The van der Waals surface area contributed by atoms with Crippen LogP contribution in [-0.2, 0) is 46.6 Å². The minimum Gasteiger partial charge on any atom is -0.463 e. The minimum absolute atomic E-state index is 0.0309. The Balaban J connectivity index is 3.48. The second-order valence-corrected chi connectivity index (χ2v) is 10.0. The molecule has 0 aliphatic heterocycles. The van der Waals surface area contributed by atoms with E-state index >= 15 is 0 Å². The topological polar surface area (TPSA) is 137 Å². The van der Waals surface area contributed by atoms with Crippen molar-refractivity contribution >= 4 is 26.8 Å². The van der Waals surface area contributed by atoms with Crippen LogP contribution in [0.25, 0.3) is 0 Å². The molecule has 12 nitrogen and oxygen atoms in total. The highest BCUT2D eigenvalue weighted by Gasteiger charge is 2.36. The molecule has 0 fully saturated rings. The number of carbonyl (C=O) groups is 3. The Morgan fingerprint density at radius 3 is 1.88 bits per heavy atom. The summed E-state index contributed by atoms with van der Waals surface area (Å²) in [4.78, 5) is 34.3. The number of nitrogens with one attached hydrogen (secondary N) is 1. The van der Waals surface area contributed by atoms with Crippen molar-refractivity contribution in [2.45, 2.75) is 32.2 Å². The zero-order chi connectivity index (χ0) is 25.7. The van der Waals surface area contributed by atoms with Gasteiger partial charge in [-0.15, -0.1) is 0 Å². The predicted molar refractivity (Wildman–Crippen MR) is 123 cm³/mol. The van der Waals surface area contributed by atoms with E-state index < -0.39 is 20.9 Å². The van der Waals surface area contributed by atoms with Gasteiger partial charge < -0.3 is 42.3 Å². The van der Waals surface area contributed by atoms with Gasteiger partial charge in [0.1, 0.15) is 19.8 Å². The van der Waals surface area contributed by atoms with Crippen molar-refractivity contribution in [3.63, 3.8) is 0 Å². The van der Waals surface area contributed by atoms with E-state index in [2.05, 4.69) is 11.9 Å². The van der Waals surface area contributed by atoms with Gasteiger partial charge in [0.25, 0.3) is 0 Å². The fourth-order valence-electron chi connectivity index (χ4n) is 2.44. The van der Waals surface area contributed by atoms with Gasteiger partial charge in [0, 0.05) is 39.4 Å². The number of hydrogen-bond donors (Lipinski definition) is 1. The Bertz CT molecular complexity index is 591. The summed E-state index contributed by atoms with van der Waals surface area (Å²) < 4.78 is 41.4. The first-order chi connectivity index (χ1) is 16.3. The van der Waals surface area contributed by atoms with Crippen LogP contribution < -0.4 is 5.32 Å². The SMILES string of the molecule is C=C(C)C(=O)OCCNC(=O)OCCOCCOCCOC(=O)CCCC[Si](OC)(OC)OC. The van der Waals surface area contributed by atoms with Gasteiger partial charge >= 0.3 is 26.8 Å². The quantitative estimate of drug-likeness (QED) is 0.0791. The van der Waals surface area contributed by atoms with Gasteiger partial charge in [0.2, 0.25) is 0 Å². The lowest BCUT2D eigenvalue weighted by Gasteiger charge is -2.24. The Hall–Kier alpha value is -2.03. The maximum Gasteiger partial charge on any atom is 0.500 e. The number of esters is 2. The van der Waals surface area contributed by atoms with Crippen molar-refractivity contribution in [2.75, 3.05) is 74.1 Å². The van der Waals surface area contributed by atoms with Crippen LogP contribution in [0.15, 0.2) is 12.2 Å². The number of ether oxygens (including phenoxy) is 5. The molecule has 0 rings (SSSR count). The van der Waals surface area contributed by atoms with Crippen LogP contribution in [-0.4, -0.2) is 101 Å². The highest BCUT2D eigenvalue weighted by atomic mass is 28.4. The summed E-state index contributed by atoms with van der Waals surface area (Å²) in [6.07, 6.45) is 1.06. The third-order valence-electron chi connectivity index (χ3n) is 4.32. The lowest BCUT2D eigenvalue weighted by atomic mass is 10.2. The molecule has 0 bridgehead atoms. The van der Waals surface area contributed by atoms with E-state index in [0.717, 1.165) is 6.42 Å². The lowest BCUT2D eigenvalue weighted by Crippen LogP contribution is -2.42. The van der Waals surface area contributed by atoms with Gasteiger partial charge in [0.05, 0.1) is 33.0 Å². The first-order valence-electron chi connectivity index (χ1n) is 11.0.